The molecule has 4 nitrogen and oxygen atoms in total. The zero-order valence-corrected chi connectivity index (χ0v) is 10.4. The van der Waals surface area contributed by atoms with E-state index < -0.39 is 0 Å². The van der Waals surface area contributed by atoms with E-state index in [-0.39, 0.29) is 6.42 Å². The van der Waals surface area contributed by atoms with Crippen LogP contribution in [0.25, 0.3) is 11.5 Å². The van der Waals surface area contributed by atoms with Gasteiger partial charge in [-0.2, -0.15) is 5.26 Å². The van der Waals surface area contributed by atoms with Gasteiger partial charge in [0.25, 0.3) is 0 Å². The van der Waals surface area contributed by atoms with Crippen LogP contribution in [0.1, 0.15) is 18.4 Å². The van der Waals surface area contributed by atoms with Crippen LogP contribution in [0.3, 0.4) is 0 Å². The second kappa shape index (κ2) is 5.37. The van der Waals surface area contributed by atoms with E-state index in [2.05, 4.69) is 11.1 Å². The largest absolute Gasteiger partial charge is 0.494 e. The van der Waals surface area contributed by atoms with Gasteiger partial charge in [-0.25, -0.2) is 4.98 Å². The molecule has 4 heteroatoms. The Morgan fingerprint density at radius 1 is 1.44 bits per heavy atom. The normalized spacial score (nSPS) is 10.1. The molecule has 0 bridgehead atoms. The molecular weight excluding hydrogens is 228 g/mol. The highest BCUT2D eigenvalue weighted by molar-refractivity contribution is 5.56. The molecule has 0 saturated carbocycles. The maximum atomic E-state index is 8.69. The van der Waals surface area contributed by atoms with Crippen molar-refractivity contribution in [1.82, 2.24) is 4.98 Å². The van der Waals surface area contributed by atoms with Crippen LogP contribution >= 0.6 is 0 Å². The number of aromatic nitrogens is 1. The molecule has 92 valence electrons. The average Bonchev–Trinajstić information content (AvgIpc) is 2.73. The van der Waals surface area contributed by atoms with Crippen molar-refractivity contribution < 1.29 is 9.15 Å². The highest BCUT2D eigenvalue weighted by Crippen LogP contribution is 2.25. The molecule has 2 aromatic rings. The third-order valence-corrected chi connectivity index (χ3v) is 2.53. The predicted octanol–water partition coefficient (Wildman–Crippen LogP) is 3.11. The molecular formula is C14H14N2O2. The molecule has 0 unspecified atom stereocenters. The lowest BCUT2D eigenvalue weighted by molar-refractivity contribution is 0.340. The van der Waals surface area contributed by atoms with Gasteiger partial charge in [0.05, 0.1) is 24.8 Å². The first kappa shape index (κ1) is 12.2. The van der Waals surface area contributed by atoms with Gasteiger partial charge in [-0.1, -0.05) is 6.07 Å². The minimum atomic E-state index is 0.264. The van der Waals surface area contributed by atoms with Crippen molar-refractivity contribution in [3.05, 3.63) is 35.7 Å². The number of benzene rings is 1. The minimum absolute atomic E-state index is 0.264. The van der Waals surface area contributed by atoms with Crippen molar-refractivity contribution in [2.75, 3.05) is 6.61 Å². The van der Waals surface area contributed by atoms with E-state index in [0.29, 0.717) is 24.0 Å². The standard InChI is InChI=1S/C14H14N2O2/c1-3-17-12-6-4-5-11(9-12)14-16-13(7-8-15)10(2)18-14/h4-6,9H,3,7H2,1-2H3. The Hall–Kier alpha value is -2.28. The first-order valence-corrected chi connectivity index (χ1v) is 5.81. The van der Waals surface area contributed by atoms with E-state index in [9.17, 15) is 0 Å². The average molecular weight is 242 g/mol. The fraction of sp³-hybridized carbons (Fsp3) is 0.286. The molecule has 0 saturated heterocycles. The van der Waals surface area contributed by atoms with Crippen LogP contribution in [-0.4, -0.2) is 11.6 Å². The summed E-state index contributed by atoms with van der Waals surface area (Å²) in [5.41, 5.74) is 1.54. The summed E-state index contributed by atoms with van der Waals surface area (Å²) in [5.74, 6) is 2.00. The van der Waals surface area contributed by atoms with Crippen molar-refractivity contribution in [2.24, 2.45) is 0 Å². The SMILES string of the molecule is CCOc1cccc(-c2nc(CC#N)c(C)o2)c1. The molecule has 1 aromatic heterocycles. The number of nitrogens with zero attached hydrogens (tertiary/aromatic N) is 2. The quantitative estimate of drug-likeness (QED) is 0.826. The Bertz CT molecular complexity index is 582. The van der Waals surface area contributed by atoms with Gasteiger partial charge < -0.3 is 9.15 Å². The fourth-order valence-electron chi connectivity index (χ4n) is 1.68. The molecule has 0 aliphatic rings. The number of hydrogen-bond donors (Lipinski definition) is 0. The zero-order valence-electron chi connectivity index (χ0n) is 10.4. The molecule has 0 N–H and O–H groups in total. The number of ether oxygens (including phenoxy) is 1. The third-order valence-electron chi connectivity index (χ3n) is 2.53. The molecule has 1 aromatic carbocycles. The monoisotopic (exact) mass is 242 g/mol. The van der Waals surface area contributed by atoms with Gasteiger partial charge in [0.1, 0.15) is 11.5 Å². The van der Waals surface area contributed by atoms with Crippen LogP contribution in [0, 0.1) is 18.3 Å². The van der Waals surface area contributed by atoms with Gasteiger partial charge in [0.15, 0.2) is 0 Å². The first-order chi connectivity index (χ1) is 8.74. The number of nitriles is 1. The summed E-state index contributed by atoms with van der Waals surface area (Å²) in [6.45, 7) is 4.37. The second-order valence-corrected chi connectivity index (χ2v) is 3.82. The second-order valence-electron chi connectivity index (χ2n) is 3.82. The van der Waals surface area contributed by atoms with Crippen LogP contribution < -0.4 is 4.74 Å². The lowest BCUT2D eigenvalue weighted by Gasteiger charge is -2.03. The van der Waals surface area contributed by atoms with Crippen LogP contribution in [0.4, 0.5) is 0 Å². The maximum Gasteiger partial charge on any atom is 0.226 e. The summed E-state index contributed by atoms with van der Waals surface area (Å²) in [6, 6.07) is 9.64. The van der Waals surface area contributed by atoms with Crippen LogP contribution in [0.2, 0.25) is 0 Å². The zero-order chi connectivity index (χ0) is 13.0. The van der Waals surface area contributed by atoms with E-state index in [1.54, 1.807) is 0 Å². The molecule has 0 aliphatic carbocycles. The molecule has 2 rings (SSSR count). The summed E-state index contributed by atoms with van der Waals surface area (Å²) in [6.07, 6.45) is 0.264. The third kappa shape index (κ3) is 2.51. The lowest BCUT2D eigenvalue weighted by atomic mass is 10.2. The lowest BCUT2D eigenvalue weighted by Crippen LogP contribution is -1.91. The van der Waals surface area contributed by atoms with Gasteiger partial charge in [-0.3, -0.25) is 0 Å². The van der Waals surface area contributed by atoms with E-state index in [0.717, 1.165) is 11.3 Å². The number of hydrogen-bond acceptors (Lipinski definition) is 4. The molecule has 0 radical (unpaired) electrons. The van der Waals surface area contributed by atoms with Crippen LogP contribution in [0.15, 0.2) is 28.7 Å². The van der Waals surface area contributed by atoms with Crippen molar-refractivity contribution in [1.29, 1.82) is 5.26 Å². The minimum Gasteiger partial charge on any atom is -0.494 e. The molecule has 0 fully saturated rings. The van der Waals surface area contributed by atoms with Crippen LogP contribution in [0.5, 0.6) is 5.75 Å². The van der Waals surface area contributed by atoms with Gasteiger partial charge in [0.2, 0.25) is 5.89 Å². The van der Waals surface area contributed by atoms with Crippen molar-refractivity contribution in [2.45, 2.75) is 20.3 Å². The summed E-state index contributed by atoms with van der Waals surface area (Å²) in [4.78, 5) is 4.33. The van der Waals surface area contributed by atoms with Crippen molar-refractivity contribution >= 4 is 0 Å². The Kier molecular flexibility index (Phi) is 3.63. The summed E-state index contributed by atoms with van der Waals surface area (Å²) in [7, 11) is 0. The fourth-order valence-corrected chi connectivity index (χ4v) is 1.68. The smallest absolute Gasteiger partial charge is 0.226 e. The molecule has 0 spiro atoms. The molecule has 0 atom stereocenters. The number of aryl methyl sites for hydroxylation is 1. The molecule has 1 heterocycles. The molecule has 0 amide bonds. The summed E-state index contributed by atoms with van der Waals surface area (Å²) >= 11 is 0. The van der Waals surface area contributed by atoms with E-state index >= 15 is 0 Å². The molecule has 18 heavy (non-hydrogen) atoms. The van der Waals surface area contributed by atoms with Gasteiger partial charge >= 0.3 is 0 Å². The Morgan fingerprint density at radius 3 is 3.00 bits per heavy atom. The highest BCUT2D eigenvalue weighted by atomic mass is 16.5. The first-order valence-electron chi connectivity index (χ1n) is 5.81. The predicted molar refractivity (Wildman–Crippen MR) is 67.2 cm³/mol. The highest BCUT2D eigenvalue weighted by Gasteiger charge is 2.11. The number of rotatable bonds is 4. The van der Waals surface area contributed by atoms with E-state index in [1.165, 1.54) is 0 Å². The molecule has 0 aliphatic heterocycles. The van der Waals surface area contributed by atoms with E-state index in [1.807, 2.05) is 38.1 Å². The summed E-state index contributed by atoms with van der Waals surface area (Å²) < 4.78 is 11.0. The van der Waals surface area contributed by atoms with Gasteiger partial charge in [0, 0.05) is 5.56 Å². The summed E-state index contributed by atoms with van der Waals surface area (Å²) in [5, 5.41) is 8.69. The van der Waals surface area contributed by atoms with Gasteiger partial charge in [-0.15, -0.1) is 0 Å². The van der Waals surface area contributed by atoms with E-state index in [4.69, 9.17) is 14.4 Å². The number of oxazole rings is 1. The van der Waals surface area contributed by atoms with Gasteiger partial charge in [-0.05, 0) is 32.0 Å². The van der Waals surface area contributed by atoms with Crippen molar-refractivity contribution in [3.63, 3.8) is 0 Å². The maximum absolute atomic E-state index is 8.69. The topological polar surface area (TPSA) is 59.0 Å². The van der Waals surface area contributed by atoms with Crippen LogP contribution in [-0.2, 0) is 6.42 Å². The van der Waals surface area contributed by atoms with Crippen molar-refractivity contribution in [3.8, 4) is 23.3 Å². The Morgan fingerprint density at radius 2 is 2.28 bits per heavy atom. The Labute approximate surface area is 106 Å². The Balaban J connectivity index is 2.33.